The lowest BCUT2D eigenvalue weighted by Gasteiger charge is -2.27. The van der Waals surface area contributed by atoms with Gasteiger partial charge in [0.2, 0.25) is 5.91 Å². The molecule has 1 amide bonds. The minimum absolute atomic E-state index is 0. The van der Waals surface area contributed by atoms with Crippen LogP contribution in [0.15, 0.2) is 28.7 Å². The number of piperidine rings is 1. The van der Waals surface area contributed by atoms with Gasteiger partial charge in [-0.25, -0.2) is 0 Å². The van der Waals surface area contributed by atoms with Gasteiger partial charge in [-0.05, 0) is 50.4 Å². The van der Waals surface area contributed by atoms with Crippen molar-refractivity contribution in [3.05, 3.63) is 34.3 Å². The lowest BCUT2D eigenvalue weighted by atomic mass is 9.92. The third-order valence-electron chi connectivity index (χ3n) is 3.62. The Balaban J connectivity index is 0.00000200. The second-order valence-electron chi connectivity index (χ2n) is 5.24. The largest absolute Gasteiger partial charge is 0.356 e. The van der Waals surface area contributed by atoms with Gasteiger partial charge >= 0.3 is 0 Å². The number of nitrogens with one attached hydrogen (secondary N) is 2. The van der Waals surface area contributed by atoms with Crippen molar-refractivity contribution in [2.75, 3.05) is 13.1 Å². The molecule has 2 rings (SSSR count). The summed E-state index contributed by atoms with van der Waals surface area (Å²) in [6.07, 6.45) is 2.79. The van der Waals surface area contributed by atoms with Crippen molar-refractivity contribution in [3.63, 3.8) is 0 Å². The molecule has 1 heterocycles. The Morgan fingerprint density at radius 2 is 2.10 bits per heavy atom. The monoisotopic (exact) mass is 360 g/mol. The van der Waals surface area contributed by atoms with Crippen LogP contribution in [0, 0.1) is 5.92 Å². The van der Waals surface area contributed by atoms with Crippen molar-refractivity contribution in [2.24, 2.45) is 5.92 Å². The zero-order valence-corrected chi connectivity index (χ0v) is 14.1. The van der Waals surface area contributed by atoms with E-state index in [0.29, 0.717) is 6.04 Å². The van der Waals surface area contributed by atoms with E-state index in [0.717, 1.165) is 36.8 Å². The molecule has 0 spiro atoms. The van der Waals surface area contributed by atoms with Gasteiger partial charge in [0.1, 0.15) is 0 Å². The number of amides is 1. The molecular weight excluding hydrogens is 340 g/mol. The zero-order valence-electron chi connectivity index (χ0n) is 11.7. The van der Waals surface area contributed by atoms with Crippen LogP contribution < -0.4 is 10.6 Å². The molecule has 1 aliphatic heterocycles. The van der Waals surface area contributed by atoms with Gasteiger partial charge in [-0.15, -0.1) is 12.4 Å². The van der Waals surface area contributed by atoms with Crippen molar-refractivity contribution >= 4 is 34.2 Å². The van der Waals surface area contributed by atoms with Crippen molar-refractivity contribution in [2.45, 2.75) is 32.2 Å². The quantitative estimate of drug-likeness (QED) is 0.866. The van der Waals surface area contributed by atoms with E-state index in [4.69, 9.17) is 0 Å². The van der Waals surface area contributed by atoms with Gasteiger partial charge in [-0.2, -0.15) is 0 Å². The van der Waals surface area contributed by atoms with Crippen LogP contribution in [0.25, 0.3) is 0 Å². The maximum absolute atomic E-state index is 12.0. The third kappa shape index (κ3) is 5.43. The highest BCUT2D eigenvalue weighted by atomic mass is 79.9. The molecule has 0 saturated carbocycles. The topological polar surface area (TPSA) is 41.1 Å². The Labute approximate surface area is 135 Å². The number of carbonyl (C=O) groups is 1. The number of hydrogen-bond donors (Lipinski definition) is 2. The summed E-state index contributed by atoms with van der Waals surface area (Å²) in [7, 11) is 0. The van der Waals surface area contributed by atoms with Gasteiger partial charge in [-0.1, -0.05) is 28.1 Å². The number of carbonyl (C=O) groups excluding carboxylic acids is 1. The highest BCUT2D eigenvalue weighted by Crippen LogP contribution is 2.16. The van der Waals surface area contributed by atoms with Crippen LogP contribution in [0.3, 0.4) is 0 Å². The standard InChI is InChI=1S/C15H21BrN2O.ClH/c1-11-10-13(7-9-17-11)15(19)18-8-6-12-2-4-14(16)5-3-12;/h2-5,11,13,17H,6-10H2,1H3,(H,18,19);1H/t11-,13-;/m0./s1. The van der Waals surface area contributed by atoms with E-state index in [1.54, 1.807) is 0 Å². The Morgan fingerprint density at radius 3 is 2.75 bits per heavy atom. The van der Waals surface area contributed by atoms with Gasteiger partial charge < -0.3 is 10.6 Å². The Morgan fingerprint density at radius 1 is 1.40 bits per heavy atom. The van der Waals surface area contributed by atoms with Crippen molar-refractivity contribution in [1.29, 1.82) is 0 Å². The van der Waals surface area contributed by atoms with E-state index in [1.165, 1.54) is 5.56 Å². The molecule has 0 aliphatic carbocycles. The Bertz CT molecular complexity index is 424. The first-order valence-electron chi connectivity index (χ1n) is 6.90. The fourth-order valence-electron chi connectivity index (χ4n) is 2.50. The molecule has 5 heteroatoms. The first-order chi connectivity index (χ1) is 9.15. The molecule has 1 fully saturated rings. The summed E-state index contributed by atoms with van der Waals surface area (Å²) in [5, 5.41) is 6.43. The molecular formula is C15H22BrClN2O. The molecule has 2 atom stereocenters. The average molecular weight is 362 g/mol. The smallest absolute Gasteiger partial charge is 0.223 e. The van der Waals surface area contributed by atoms with Crippen LogP contribution in [-0.2, 0) is 11.2 Å². The number of hydrogen-bond acceptors (Lipinski definition) is 2. The van der Waals surface area contributed by atoms with E-state index in [9.17, 15) is 4.79 Å². The predicted molar refractivity (Wildman–Crippen MR) is 88.3 cm³/mol. The maximum atomic E-state index is 12.0. The summed E-state index contributed by atoms with van der Waals surface area (Å²) in [5.41, 5.74) is 1.25. The fraction of sp³-hybridized carbons (Fsp3) is 0.533. The minimum atomic E-state index is 0. The van der Waals surface area contributed by atoms with Gasteiger partial charge in [-0.3, -0.25) is 4.79 Å². The van der Waals surface area contributed by atoms with Crippen LogP contribution in [-0.4, -0.2) is 25.0 Å². The Hall–Kier alpha value is -0.580. The van der Waals surface area contributed by atoms with Crippen LogP contribution in [0.4, 0.5) is 0 Å². The second-order valence-corrected chi connectivity index (χ2v) is 6.16. The summed E-state index contributed by atoms with van der Waals surface area (Å²) in [6, 6.07) is 8.69. The molecule has 112 valence electrons. The first-order valence-corrected chi connectivity index (χ1v) is 7.70. The van der Waals surface area contributed by atoms with Gasteiger partial charge in [0.25, 0.3) is 0 Å². The minimum Gasteiger partial charge on any atom is -0.356 e. The lowest BCUT2D eigenvalue weighted by molar-refractivity contribution is -0.126. The average Bonchev–Trinajstić information content (AvgIpc) is 2.41. The number of benzene rings is 1. The summed E-state index contributed by atoms with van der Waals surface area (Å²) in [5.74, 6) is 0.395. The molecule has 0 radical (unpaired) electrons. The number of rotatable bonds is 4. The second kappa shape index (κ2) is 8.65. The normalized spacial score (nSPS) is 21.9. The third-order valence-corrected chi connectivity index (χ3v) is 4.15. The highest BCUT2D eigenvalue weighted by Gasteiger charge is 2.24. The molecule has 0 bridgehead atoms. The zero-order chi connectivity index (χ0) is 13.7. The molecule has 0 unspecified atom stereocenters. The van der Waals surface area contributed by atoms with E-state index in [-0.39, 0.29) is 24.2 Å². The molecule has 3 nitrogen and oxygen atoms in total. The summed E-state index contributed by atoms with van der Waals surface area (Å²) >= 11 is 3.42. The number of halogens is 2. The van der Waals surface area contributed by atoms with E-state index in [1.807, 2.05) is 12.1 Å². The van der Waals surface area contributed by atoms with E-state index in [2.05, 4.69) is 45.6 Å². The highest BCUT2D eigenvalue weighted by molar-refractivity contribution is 9.10. The van der Waals surface area contributed by atoms with Crippen LogP contribution in [0.2, 0.25) is 0 Å². The SMILES string of the molecule is C[C@H]1C[C@@H](C(=O)NCCc2ccc(Br)cc2)CCN1.Cl. The summed E-state index contributed by atoms with van der Waals surface area (Å²) in [6.45, 7) is 3.81. The Kier molecular flexibility index (Phi) is 7.56. The first kappa shape index (κ1) is 17.5. The van der Waals surface area contributed by atoms with E-state index < -0.39 is 0 Å². The van der Waals surface area contributed by atoms with Crippen LogP contribution >= 0.6 is 28.3 Å². The van der Waals surface area contributed by atoms with E-state index >= 15 is 0 Å². The van der Waals surface area contributed by atoms with Crippen molar-refractivity contribution in [3.8, 4) is 0 Å². The fourth-order valence-corrected chi connectivity index (χ4v) is 2.76. The maximum Gasteiger partial charge on any atom is 0.223 e. The molecule has 20 heavy (non-hydrogen) atoms. The summed E-state index contributed by atoms with van der Waals surface area (Å²) < 4.78 is 1.09. The molecule has 1 aromatic carbocycles. The van der Waals surface area contributed by atoms with Gasteiger partial charge in [0, 0.05) is 23.0 Å². The molecule has 2 N–H and O–H groups in total. The van der Waals surface area contributed by atoms with Gasteiger partial charge in [0.05, 0.1) is 0 Å². The molecule has 0 aromatic heterocycles. The molecule has 1 aliphatic rings. The summed E-state index contributed by atoms with van der Waals surface area (Å²) in [4.78, 5) is 12.0. The molecule has 1 aromatic rings. The molecule has 1 saturated heterocycles. The van der Waals surface area contributed by atoms with Crippen molar-refractivity contribution in [1.82, 2.24) is 10.6 Å². The van der Waals surface area contributed by atoms with Gasteiger partial charge in [0.15, 0.2) is 0 Å². The van der Waals surface area contributed by atoms with Crippen LogP contribution in [0.5, 0.6) is 0 Å². The van der Waals surface area contributed by atoms with Crippen molar-refractivity contribution < 1.29 is 4.79 Å². The predicted octanol–water partition coefficient (Wildman–Crippen LogP) is 2.92. The van der Waals surface area contributed by atoms with Crippen LogP contribution in [0.1, 0.15) is 25.3 Å². The lowest BCUT2D eigenvalue weighted by Crippen LogP contribution is -2.42.